The fourth-order valence-electron chi connectivity index (χ4n) is 1.92. The van der Waals surface area contributed by atoms with Gasteiger partial charge in [0, 0.05) is 17.8 Å². The molecule has 1 atom stereocenters. The third kappa shape index (κ3) is 2.84. The van der Waals surface area contributed by atoms with Gasteiger partial charge in [-0.15, -0.1) is 0 Å². The van der Waals surface area contributed by atoms with Crippen LogP contribution >= 0.6 is 0 Å². The zero-order chi connectivity index (χ0) is 14.0. The predicted octanol–water partition coefficient (Wildman–Crippen LogP) is 2.80. The molecule has 2 rings (SSSR count). The maximum atomic E-state index is 12.9. The van der Waals surface area contributed by atoms with Gasteiger partial charge in [-0.05, 0) is 20.0 Å². The van der Waals surface area contributed by atoms with Crippen molar-refractivity contribution in [1.29, 1.82) is 0 Å². The molecule has 1 heterocycles. The molecule has 0 radical (unpaired) electrons. The molecule has 0 fully saturated rings. The van der Waals surface area contributed by atoms with Crippen LogP contribution in [0.4, 0.5) is 13.2 Å². The number of nitrogens with one attached hydrogen (secondary N) is 1. The Morgan fingerprint density at radius 2 is 2.00 bits per heavy atom. The van der Waals surface area contributed by atoms with Gasteiger partial charge in [0.25, 0.3) is 0 Å². The van der Waals surface area contributed by atoms with Crippen molar-refractivity contribution < 1.29 is 13.2 Å². The van der Waals surface area contributed by atoms with E-state index in [1.54, 1.807) is 13.1 Å². The number of para-hydroxylation sites is 1. The molecule has 0 saturated carbocycles. The first-order valence-electron chi connectivity index (χ1n) is 5.90. The fraction of sp³-hybridized carbons (Fsp3) is 0.385. The van der Waals surface area contributed by atoms with Gasteiger partial charge in [-0.1, -0.05) is 12.1 Å². The van der Waals surface area contributed by atoms with Crippen molar-refractivity contribution in [3.8, 4) is 0 Å². The van der Waals surface area contributed by atoms with Gasteiger partial charge in [-0.25, -0.2) is 9.97 Å². The van der Waals surface area contributed by atoms with Crippen molar-refractivity contribution in [2.75, 3.05) is 7.05 Å². The van der Waals surface area contributed by atoms with E-state index in [2.05, 4.69) is 15.3 Å². The average Bonchev–Trinajstić information content (AvgIpc) is 2.37. The molecular weight excluding hydrogens is 255 g/mol. The minimum Gasteiger partial charge on any atom is -0.317 e. The Kier molecular flexibility index (Phi) is 3.71. The quantitative estimate of drug-likeness (QED) is 0.931. The summed E-state index contributed by atoms with van der Waals surface area (Å²) in [6.07, 6.45) is -2.66. The Hall–Kier alpha value is -1.69. The van der Waals surface area contributed by atoms with Gasteiger partial charge >= 0.3 is 6.18 Å². The maximum Gasteiger partial charge on any atom is 0.418 e. The number of fused-ring (bicyclic) bond motifs is 1. The first-order valence-corrected chi connectivity index (χ1v) is 5.90. The lowest BCUT2D eigenvalue weighted by Crippen LogP contribution is -2.24. The second-order valence-corrected chi connectivity index (χ2v) is 4.41. The van der Waals surface area contributed by atoms with Crippen LogP contribution in [0.15, 0.2) is 24.5 Å². The van der Waals surface area contributed by atoms with Crippen molar-refractivity contribution in [2.24, 2.45) is 0 Å². The van der Waals surface area contributed by atoms with E-state index in [4.69, 9.17) is 0 Å². The summed E-state index contributed by atoms with van der Waals surface area (Å²) in [5.41, 5.74) is -0.132. The molecule has 1 aromatic heterocycles. The molecule has 0 aliphatic heterocycles. The van der Waals surface area contributed by atoms with E-state index in [0.29, 0.717) is 17.5 Å². The van der Waals surface area contributed by atoms with Crippen molar-refractivity contribution in [3.05, 3.63) is 35.8 Å². The lowest BCUT2D eigenvalue weighted by Gasteiger charge is -2.13. The van der Waals surface area contributed by atoms with Gasteiger partial charge in [0.15, 0.2) is 0 Å². The Bertz CT molecular complexity index is 581. The summed E-state index contributed by atoms with van der Waals surface area (Å²) in [4.78, 5) is 7.89. The molecule has 102 valence electrons. The van der Waals surface area contributed by atoms with Crippen LogP contribution in [0.25, 0.3) is 10.9 Å². The third-order valence-corrected chi connectivity index (χ3v) is 3.05. The second kappa shape index (κ2) is 5.13. The third-order valence-electron chi connectivity index (χ3n) is 3.05. The number of likely N-dealkylation sites (N-methyl/N-ethyl adjacent to an activating group) is 1. The molecule has 1 N–H and O–H groups in total. The van der Waals surface area contributed by atoms with Crippen LogP contribution in [-0.2, 0) is 12.6 Å². The number of nitrogens with zero attached hydrogens (tertiary/aromatic N) is 2. The van der Waals surface area contributed by atoms with Crippen LogP contribution in [-0.4, -0.2) is 23.1 Å². The van der Waals surface area contributed by atoms with E-state index in [-0.39, 0.29) is 11.6 Å². The number of hydrogen-bond acceptors (Lipinski definition) is 3. The summed E-state index contributed by atoms with van der Waals surface area (Å²) in [6, 6.07) is 4.19. The topological polar surface area (TPSA) is 37.8 Å². The van der Waals surface area contributed by atoms with Gasteiger partial charge in [0.1, 0.15) is 6.33 Å². The predicted molar refractivity (Wildman–Crippen MR) is 66.8 cm³/mol. The number of halogens is 3. The Morgan fingerprint density at radius 1 is 1.26 bits per heavy atom. The van der Waals surface area contributed by atoms with Gasteiger partial charge in [0.05, 0.1) is 16.8 Å². The van der Waals surface area contributed by atoms with E-state index in [1.807, 2.05) is 6.92 Å². The van der Waals surface area contributed by atoms with Crippen LogP contribution in [0.2, 0.25) is 0 Å². The molecule has 3 nitrogen and oxygen atoms in total. The molecule has 0 bridgehead atoms. The number of alkyl halides is 3. The standard InChI is InChI=1S/C13H14F3N3/c1-8(17-2)6-11-9-4-3-5-10(13(14,15)16)12(9)19-7-18-11/h3-5,7-8,17H,6H2,1-2H3. The molecule has 2 aromatic rings. The van der Waals surface area contributed by atoms with E-state index < -0.39 is 11.7 Å². The highest BCUT2D eigenvalue weighted by Crippen LogP contribution is 2.34. The van der Waals surface area contributed by atoms with E-state index in [0.717, 1.165) is 6.07 Å². The van der Waals surface area contributed by atoms with Crippen molar-refractivity contribution in [2.45, 2.75) is 25.6 Å². The van der Waals surface area contributed by atoms with E-state index >= 15 is 0 Å². The molecule has 0 aliphatic rings. The minimum atomic E-state index is -4.40. The highest BCUT2D eigenvalue weighted by atomic mass is 19.4. The molecule has 1 unspecified atom stereocenters. The summed E-state index contributed by atoms with van der Waals surface area (Å²) in [5.74, 6) is 0. The van der Waals surface area contributed by atoms with E-state index in [9.17, 15) is 13.2 Å². The molecule has 0 aliphatic carbocycles. The Balaban J connectivity index is 2.58. The second-order valence-electron chi connectivity index (χ2n) is 4.41. The molecule has 19 heavy (non-hydrogen) atoms. The van der Waals surface area contributed by atoms with Crippen LogP contribution in [0, 0.1) is 0 Å². The minimum absolute atomic E-state index is 0.0386. The number of rotatable bonds is 3. The first-order chi connectivity index (χ1) is 8.93. The molecule has 6 heteroatoms. The summed E-state index contributed by atoms with van der Waals surface area (Å²) < 4.78 is 38.7. The number of hydrogen-bond donors (Lipinski definition) is 1. The average molecular weight is 269 g/mol. The lowest BCUT2D eigenvalue weighted by molar-refractivity contribution is -0.136. The highest BCUT2D eigenvalue weighted by molar-refractivity contribution is 5.84. The zero-order valence-electron chi connectivity index (χ0n) is 10.6. The number of benzene rings is 1. The molecule has 0 amide bonds. The lowest BCUT2D eigenvalue weighted by atomic mass is 10.0. The number of aromatic nitrogens is 2. The van der Waals surface area contributed by atoms with Crippen molar-refractivity contribution in [3.63, 3.8) is 0 Å². The van der Waals surface area contributed by atoms with Crippen molar-refractivity contribution in [1.82, 2.24) is 15.3 Å². The SMILES string of the molecule is CNC(C)Cc1ncnc2c(C(F)(F)F)cccc12. The van der Waals surface area contributed by atoms with Gasteiger partial charge in [-0.3, -0.25) is 0 Å². The normalized spacial score (nSPS) is 13.7. The first kappa shape index (κ1) is 13.7. The smallest absolute Gasteiger partial charge is 0.317 e. The van der Waals surface area contributed by atoms with Gasteiger partial charge in [0.2, 0.25) is 0 Å². The summed E-state index contributed by atoms with van der Waals surface area (Å²) >= 11 is 0. The van der Waals surface area contributed by atoms with Crippen LogP contribution in [0.1, 0.15) is 18.2 Å². The van der Waals surface area contributed by atoms with Crippen molar-refractivity contribution >= 4 is 10.9 Å². The van der Waals surface area contributed by atoms with Crippen LogP contribution in [0.3, 0.4) is 0 Å². The Morgan fingerprint density at radius 3 is 2.63 bits per heavy atom. The molecular formula is C13H14F3N3. The van der Waals surface area contributed by atoms with Crippen LogP contribution < -0.4 is 5.32 Å². The summed E-state index contributed by atoms with van der Waals surface area (Å²) in [7, 11) is 1.80. The summed E-state index contributed by atoms with van der Waals surface area (Å²) in [6.45, 7) is 1.95. The monoisotopic (exact) mass is 269 g/mol. The molecule has 1 aromatic carbocycles. The van der Waals surface area contributed by atoms with E-state index in [1.165, 1.54) is 12.4 Å². The largest absolute Gasteiger partial charge is 0.418 e. The molecule has 0 spiro atoms. The van der Waals surface area contributed by atoms with Gasteiger partial charge in [-0.2, -0.15) is 13.2 Å². The Labute approximate surface area is 108 Å². The summed E-state index contributed by atoms with van der Waals surface area (Å²) in [5, 5.41) is 3.50. The fourth-order valence-corrected chi connectivity index (χ4v) is 1.92. The highest BCUT2D eigenvalue weighted by Gasteiger charge is 2.33. The maximum absolute atomic E-state index is 12.9. The zero-order valence-corrected chi connectivity index (χ0v) is 10.6. The van der Waals surface area contributed by atoms with Gasteiger partial charge < -0.3 is 5.32 Å². The molecule has 0 saturated heterocycles. The van der Waals surface area contributed by atoms with Crippen LogP contribution in [0.5, 0.6) is 0 Å².